The standard InChI is InChI=1S/C8H11F3O/c1-5(4-8(9,10)11)6(2)7(3)12/h4H2,1-3H3/b6-5-. The number of allylic oxidation sites excluding steroid dienone is 2. The van der Waals surface area contributed by atoms with Gasteiger partial charge in [0.1, 0.15) is 0 Å². The van der Waals surface area contributed by atoms with E-state index in [2.05, 4.69) is 0 Å². The van der Waals surface area contributed by atoms with Crippen LogP contribution in [0.4, 0.5) is 13.2 Å². The van der Waals surface area contributed by atoms with Crippen LogP contribution in [0.5, 0.6) is 0 Å². The van der Waals surface area contributed by atoms with E-state index in [1.165, 1.54) is 20.8 Å². The van der Waals surface area contributed by atoms with Crippen molar-refractivity contribution in [1.82, 2.24) is 0 Å². The zero-order chi connectivity index (χ0) is 9.94. The van der Waals surface area contributed by atoms with Crippen molar-refractivity contribution in [1.29, 1.82) is 0 Å². The van der Waals surface area contributed by atoms with Gasteiger partial charge in [-0.25, -0.2) is 0 Å². The third kappa shape index (κ3) is 4.16. The number of hydrogen-bond acceptors (Lipinski definition) is 1. The first-order valence-corrected chi connectivity index (χ1v) is 3.48. The molecule has 0 fully saturated rings. The number of ketones is 1. The summed E-state index contributed by atoms with van der Waals surface area (Å²) in [7, 11) is 0. The summed E-state index contributed by atoms with van der Waals surface area (Å²) in [5.74, 6) is -0.309. The van der Waals surface area contributed by atoms with E-state index in [-0.39, 0.29) is 16.9 Å². The van der Waals surface area contributed by atoms with Crippen LogP contribution in [0.15, 0.2) is 11.1 Å². The van der Waals surface area contributed by atoms with Crippen LogP contribution in [-0.2, 0) is 4.79 Å². The summed E-state index contributed by atoms with van der Waals surface area (Å²) in [6, 6.07) is 0. The van der Waals surface area contributed by atoms with Gasteiger partial charge in [0, 0.05) is 0 Å². The van der Waals surface area contributed by atoms with Gasteiger partial charge in [0.25, 0.3) is 0 Å². The minimum absolute atomic E-state index is 0.0926. The number of carbonyl (C=O) groups is 1. The van der Waals surface area contributed by atoms with Gasteiger partial charge >= 0.3 is 6.18 Å². The van der Waals surface area contributed by atoms with Gasteiger partial charge in [-0.15, -0.1) is 0 Å². The number of rotatable bonds is 2. The Hall–Kier alpha value is -0.800. The van der Waals surface area contributed by atoms with E-state index in [9.17, 15) is 18.0 Å². The van der Waals surface area contributed by atoms with E-state index in [0.29, 0.717) is 0 Å². The first-order chi connectivity index (χ1) is 5.24. The molecule has 0 radical (unpaired) electrons. The Bertz CT molecular complexity index is 213. The van der Waals surface area contributed by atoms with E-state index in [1.807, 2.05) is 0 Å². The molecule has 12 heavy (non-hydrogen) atoms. The van der Waals surface area contributed by atoms with Crippen LogP contribution in [0.2, 0.25) is 0 Å². The van der Waals surface area contributed by atoms with Crippen molar-refractivity contribution in [3.8, 4) is 0 Å². The van der Waals surface area contributed by atoms with Crippen LogP contribution in [0, 0.1) is 0 Å². The second kappa shape index (κ2) is 3.74. The summed E-state index contributed by atoms with van der Waals surface area (Å²) in [4.78, 5) is 10.6. The topological polar surface area (TPSA) is 17.1 Å². The van der Waals surface area contributed by atoms with E-state index < -0.39 is 12.6 Å². The van der Waals surface area contributed by atoms with Gasteiger partial charge in [-0.1, -0.05) is 5.57 Å². The summed E-state index contributed by atoms with van der Waals surface area (Å²) in [6.45, 7) is 3.99. The van der Waals surface area contributed by atoms with E-state index in [1.54, 1.807) is 0 Å². The summed E-state index contributed by atoms with van der Waals surface area (Å²) < 4.78 is 35.4. The molecule has 0 atom stereocenters. The normalized spacial score (nSPS) is 14.2. The summed E-state index contributed by atoms with van der Waals surface area (Å²) >= 11 is 0. The molecule has 0 heterocycles. The van der Waals surface area contributed by atoms with E-state index in [0.717, 1.165) is 0 Å². The maximum Gasteiger partial charge on any atom is 0.392 e. The lowest BCUT2D eigenvalue weighted by Gasteiger charge is -2.08. The van der Waals surface area contributed by atoms with Crippen molar-refractivity contribution >= 4 is 5.78 Å². The van der Waals surface area contributed by atoms with Gasteiger partial charge in [-0.05, 0) is 26.3 Å². The minimum atomic E-state index is -4.22. The highest BCUT2D eigenvalue weighted by atomic mass is 19.4. The number of alkyl halides is 3. The molecular formula is C8H11F3O. The summed E-state index contributed by atoms with van der Waals surface area (Å²) in [6.07, 6.45) is -5.22. The fourth-order valence-electron chi connectivity index (χ4n) is 0.734. The molecule has 0 N–H and O–H groups in total. The third-order valence-corrected chi connectivity index (χ3v) is 1.63. The fraction of sp³-hybridized carbons (Fsp3) is 0.625. The van der Waals surface area contributed by atoms with Crippen LogP contribution >= 0.6 is 0 Å². The molecule has 0 amide bonds. The fourth-order valence-corrected chi connectivity index (χ4v) is 0.734. The van der Waals surface area contributed by atoms with Gasteiger partial charge in [-0.3, -0.25) is 4.79 Å². The van der Waals surface area contributed by atoms with Gasteiger partial charge < -0.3 is 0 Å². The lowest BCUT2D eigenvalue weighted by atomic mass is 10.1. The molecule has 1 nitrogen and oxygen atoms in total. The molecule has 0 spiro atoms. The quantitative estimate of drug-likeness (QED) is 0.597. The molecule has 0 aromatic rings. The third-order valence-electron chi connectivity index (χ3n) is 1.63. The Morgan fingerprint density at radius 2 is 1.58 bits per heavy atom. The van der Waals surface area contributed by atoms with Crippen molar-refractivity contribution in [2.45, 2.75) is 33.4 Å². The lowest BCUT2D eigenvalue weighted by Crippen LogP contribution is -2.09. The minimum Gasteiger partial charge on any atom is -0.295 e. The van der Waals surface area contributed by atoms with Crippen molar-refractivity contribution < 1.29 is 18.0 Å². The molecular weight excluding hydrogens is 169 g/mol. The molecule has 0 aliphatic carbocycles. The Balaban J connectivity index is 4.49. The van der Waals surface area contributed by atoms with Gasteiger partial charge in [0.2, 0.25) is 0 Å². The maximum atomic E-state index is 11.8. The lowest BCUT2D eigenvalue weighted by molar-refractivity contribution is -0.127. The highest BCUT2D eigenvalue weighted by molar-refractivity contribution is 5.93. The molecule has 70 valence electrons. The van der Waals surface area contributed by atoms with Crippen molar-refractivity contribution in [3.05, 3.63) is 11.1 Å². The summed E-state index contributed by atoms with van der Waals surface area (Å²) in [5.41, 5.74) is 0.294. The van der Waals surface area contributed by atoms with Gasteiger partial charge in [0.15, 0.2) is 5.78 Å². The molecule has 0 saturated heterocycles. The zero-order valence-electron chi connectivity index (χ0n) is 7.25. The Morgan fingerprint density at radius 1 is 1.17 bits per heavy atom. The first kappa shape index (κ1) is 11.2. The highest BCUT2D eigenvalue weighted by Crippen LogP contribution is 2.25. The smallest absolute Gasteiger partial charge is 0.295 e. The van der Waals surface area contributed by atoms with Crippen LogP contribution in [0.25, 0.3) is 0 Å². The van der Waals surface area contributed by atoms with Crippen molar-refractivity contribution in [2.24, 2.45) is 0 Å². The molecule has 0 aromatic heterocycles. The number of hydrogen-bond donors (Lipinski definition) is 0. The van der Waals surface area contributed by atoms with Crippen molar-refractivity contribution in [3.63, 3.8) is 0 Å². The predicted molar refractivity (Wildman–Crippen MR) is 39.7 cm³/mol. The molecule has 0 rings (SSSR count). The molecule has 4 heteroatoms. The maximum absolute atomic E-state index is 11.8. The Morgan fingerprint density at radius 3 is 1.83 bits per heavy atom. The molecule has 0 aliphatic heterocycles. The van der Waals surface area contributed by atoms with E-state index in [4.69, 9.17) is 0 Å². The SMILES string of the molecule is CC(=O)/C(C)=C(/C)CC(F)(F)F. The van der Waals surface area contributed by atoms with Gasteiger partial charge in [-0.2, -0.15) is 13.2 Å². The Labute approximate surface area is 69.3 Å². The van der Waals surface area contributed by atoms with E-state index >= 15 is 0 Å². The predicted octanol–water partition coefficient (Wildman–Crippen LogP) is 2.86. The average molecular weight is 180 g/mol. The second-order valence-electron chi connectivity index (χ2n) is 2.75. The number of carbonyl (C=O) groups excluding carboxylic acids is 1. The molecule has 0 aliphatic rings. The molecule has 0 unspecified atom stereocenters. The molecule has 0 aromatic carbocycles. The monoisotopic (exact) mass is 180 g/mol. The van der Waals surface area contributed by atoms with Crippen LogP contribution in [0.1, 0.15) is 27.2 Å². The summed E-state index contributed by atoms with van der Waals surface area (Å²) in [5, 5.41) is 0. The Kier molecular flexibility index (Phi) is 3.49. The number of Topliss-reactive ketones (excluding diaryl/α,β-unsaturated/α-hetero) is 1. The van der Waals surface area contributed by atoms with Crippen LogP contribution in [0.3, 0.4) is 0 Å². The highest BCUT2D eigenvalue weighted by Gasteiger charge is 2.28. The van der Waals surface area contributed by atoms with Crippen LogP contribution in [-0.4, -0.2) is 12.0 Å². The van der Waals surface area contributed by atoms with Crippen LogP contribution < -0.4 is 0 Å². The zero-order valence-corrected chi connectivity index (χ0v) is 7.25. The first-order valence-electron chi connectivity index (χ1n) is 3.48. The molecule has 0 bridgehead atoms. The average Bonchev–Trinajstić information content (AvgIpc) is 1.82. The van der Waals surface area contributed by atoms with Gasteiger partial charge in [0.05, 0.1) is 6.42 Å². The largest absolute Gasteiger partial charge is 0.392 e. The van der Waals surface area contributed by atoms with Crippen molar-refractivity contribution in [2.75, 3.05) is 0 Å². The second-order valence-corrected chi connectivity index (χ2v) is 2.75. The number of halogens is 3. The molecule has 0 saturated carbocycles.